The number of hydrogen-bond acceptors (Lipinski definition) is 5. The van der Waals surface area contributed by atoms with E-state index in [1.54, 1.807) is 0 Å². The standard InChI is InChI=1S/C28H33N3O2/c1-21-6-2-7-22(14-21)15-24-17-29-18-27(30-24)28-11-4-12-31(28)19-23-8-3-9-25(16-23)33-20-26-10-5-13-32-26/h2-3,6-9,14,16-18,26,28H,4-5,10-13,15,19-20H2,1H3/t26-,28-/m1/s1. The molecule has 0 bridgehead atoms. The molecule has 2 atom stereocenters. The lowest BCUT2D eigenvalue weighted by Crippen LogP contribution is -2.24. The summed E-state index contributed by atoms with van der Waals surface area (Å²) in [5, 5.41) is 0. The van der Waals surface area contributed by atoms with Crippen molar-refractivity contribution in [3.05, 3.63) is 89.0 Å². The number of benzene rings is 2. The highest BCUT2D eigenvalue weighted by atomic mass is 16.5. The molecule has 0 amide bonds. The first-order chi connectivity index (χ1) is 16.2. The van der Waals surface area contributed by atoms with Crippen molar-refractivity contribution in [3.63, 3.8) is 0 Å². The molecule has 5 heteroatoms. The van der Waals surface area contributed by atoms with E-state index in [9.17, 15) is 0 Å². The van der Waals surface area contributed by atoms with Crippen molar-refractivity contribution in [2.24, 2.45) is 0 Å². The Hall–Kier alpha value is -2.76. The fourth-order valence-electron chi connectivity index (χ4n) is 4.98. The molecule has 0 spiro atoms. The van der Waals surface area contributed by atoms with Crippen LogP contribution in [0, 0.1) is 6.92 Å². The second kappa shape index (κ2) is 10.4. The molecule has 0 saturated carbocycles. The highest BCUT2D eigenvalue weighted by Gasteiger charge is 2.27. The zero-order chi connectivity index (χ0) is 22.5. The quantitative estimate of drug-likeness (QED) is 0.475. The fourth-order valence-corrected chi connectivity index (χ4v) is 4.98. The second-order valence-corrected chi connectivity index (χ2v) is 9.32. The van der Waals surface area contributed by atoms with Crippen molar-refractivity contribution in [2.75, 3.05) is 19.8 Å². The minimum atomic E-state index is 0.238. The topological polar surface area (TPSA) is 47.5 Å². The summed E-state index contributed by atoms with van der Waals surface area (Å²) in [7, 11) is 0. The summed E-state index contributed by atoms with van der Waals surface area (Å²) in [6.45, 7) is 5.60. The third-order valence-electron chi connectivity index (χ3n) is 6.62. The number of aromatic nitrogens is 2. The Morgan fingerprint density at radius 2 is 1.94 bits per heavy atom. The predicted molar refractivity (Wildman–Crippen MR) is 129 cm³/mol. The molecular formula is C28H33N3O2. The van der Waals surface area contributed by atoms with Gasteiger partial charge in [0.15, 0.2) is 0 Å². The Kier molecular flexibility index (Phi) is 6.98. The minimum Gasteiger partial charge on any atom is -0.491 e. The maximum Gasteiger partial charge on any atom is 0.119 e. The summed E-state index contributed by atoms with van der Waals surface area (Å²) in [6, 6.07) is 17.4. The molecule has 1 aromatic heterocycles. The number of likely N-dealkylation sites (tertiary alicyclic amines) is 1. The largest absolute Gasteiger partial charge is 0.491 e. The van der Waals surface area contributed by atoms with E-state index in [2.05, 4.69) is 59.3 Å². The Morgan fingerprint density at radius 1 is 1.03 bits per heavy atom. The van der Waals surface area contributed by atoms with Gasteiger partial charge in [-0.05, 0) is 62.4 Å². The highest BCUT2D eigenvalue weighted by molar-refractivity contribution is 5.29. The molecule has 2 aliphatic heterocycles. The third kappa shape index (κ3) is 5.79. The first-order valence-electron chi connectivity index (χ1n) is 12.2. The number of aryl methyl sites for hydroxylation is 1. The Balaban J connectivity index is 1.24. The van der Waals surface area contributed by atoms with Crippen LogP contribution in [0.2, 0.25) is 0 Å². The fraction of sp³-hybridized carbons (Fsp3) is 0.429. The number of rotatable bonds is 8. The summed E-state index contributed by atoms with van der Waals surface area (Å²) in [5.74, 6) is 0.929. The maximum absolute atomic E-state index is 6.02. The highest BCUT2D eigenvalue weighted by Crippen LogP contribution is 2.32. The van der Waals surface area contributed by atoms with E-state index >= 15 is 0 Å². The van der Waals surface area contributed by atoms with Gasteiger partial charge in [-0.25, -0.2) is 0 Å². The van der Waals surface area contributed by atoms with Gasteiger partial charge in [0, 0.05) is 32.0 Å². The maximum atomic E-state index is 6.02. The van der Waals surface area contributed by atoms with Gasteiger partial charge >= 0.3 is 0 Å². The smallest absolute Gasteiger partial charge is 0.119 e. The van der Waals surface area contributed by atoms with E-state index in [-0.39, 0.29) is 6.10 Å². The zero-order valence-corrected chi connectivity index (χ0v) is 19.5. The molecule has 5 nitrogen and oxygen atoms in total. The molecular weight excluding hydrogens is 410 g/mol. The summed E-state index contributed by atoms with van der Waals surface area (Å²) in [6.07, 6.45) is 9.45. The molecule has 0 unspecified atom stereocenters. The predicted octanol–water partition coefficient (Wildman–Crippen LogP) is 5.27. The van der Waals surface area contributed by atoms with Gasteiger partial charge in [0.1, 0.15) is 12.4 Å². The number of ether oxygens (including phenoxy) is 2. The Bertz CT molecular complexity index is 1060. The van der Waals surface area contributed by atoms with E-state index in [0.717, 1.165) is 62.5 Å². The normalized spacial score (nSPS) is 20.9. The van der Waals surface area contributed by atoms with Crippen LogP contribution in [-0.4, -0.2) is 40.7 Å². The van der Waals surface area contributed by atoms with Gasteiger partial charge in [-0.15, -0.1) is 0 Å². The first-order valence-corrected chi connectivity index (χ1v) is 12.2. The molecule has 0 N–H and O–H groups in total. The van der Waals surface area contributed by atoms with Crippen molar-refractivity contribution in [2.45, 2.75) is 57.7 Å². The number of nitrogens with zero attached hydrogens (tertiary/aromatic N) is 3. The minimum absolute atomic E-state index is 0.238. The van der Waals surface area contributed by atoms with E-state index < -0.39 is 0 Å². The first kappa shape index (κ1) is 22.1. The van der Waals surface area contributed by atoms with Gasteiger partial charge in [-0.3, -0.25) is 14.9 Å². The van der Waals surface area contributed by atoms with Gasteiger partial charge in [0.05, 0.1) is 23.5 Å². The van der Waals surface area contributed by atoms with Crippen LogP contribution in [0.25, 0.3) is 0 Å². The van der Waals surface area contributed by atoms with Crippen LogP contribution >= 0.6 is 0 Å². The van der Waals surface area contributed by atoms with E-state index in [4.69, 9.17) is 14.5 Å². The van der Waals surface area contributed by atoms with Crippen LogP contribution in [0.1, 0.15) is 59.8 Å². The molecule has 33 heavy (non-hydrogen) atoms. The van der Waals surface area contributed by atoms with Crippen LogP contribution in [-0.2, 0) is 17.7 Å². The lowest BCUT2D eigenvalue weighted by Gasteiger charge is -2.24. The average Bonchev–Trinajstić information content (AvgIpc) is 3.50. The third-order valence-corrected chi connectivity index (χ3v) is 6.62. The van der Waals surface area contributed by atoms with Crippen LogP contribution in [0.3, 0.4) is 0 Å². The lowest BCUT2D eigenvalue weighted by molar-refractivity contribution is 0.0679. The Morgan fingerprint density at radius 3 is 2.82 bits per heavy atom. The molecule has 0 aliphatic carbocycles. The van der Waals surface area contributed by atoms with Gasteiger partial charge in [-0.2, -0.15) is 0 Å². The van der Waals surface area contributed by atoms with Crippen molar-refractivity contribution in [3.8, 4) is 5.75 Å². The van der Waals surface area contributed by atoms with Gasteiger partial charge in [0.2, 0.25) is 0 Å². The van der Waals surface area contributed by atoms with Crippen molar-refractivity contribution >= 4 is 0 Å². The summed E-state index contributed by atoms with van der Waals surface area (Å²) in [5.41, 5.74) is 5.96. The molecule has 2 fully saturated rings. The second-order valence-electron chi connectivity index (χ2n) is 9.32. The van der Waals surface area contributed by atoms with Crippen LogP contribution < -0.4 is 4.74 Å². The van der Waals surface area contributed by atoms with Crippen LogP contribution in [0.5, 0.6) is 5.75 Å². The molecule has 3 heterocycles. The van der Waals surface area contributed by atoms with Gasteiger partial charge in [0.25, 0.3) is 0 Å². The summed E-state index contributed by atoms with van der Waals surface area (Å²) in [4.78, 5) is 12.1. The molecule has 172 valence electrons. The average molecular weight is 444 g/mol. The molecule has 0 radical (unpaired) electrons. The van der Waals surface area contributed by atoms with Crippen LogP contribution in [0.15, 0.2) is 60.9 Å². The SMILES string of the molecule is Cc1cccc(Cc2cncc([C@H]3CCCN3Cc3cccc(OC[C@H]4CCCO4)c3)n2)c1. The van der Waals surface area contributed by atoms with Crippen LogP contribution in [0.4, 0.5) is 0 Å². The van der Waals surface area contributed by atoms with E-state index in [0.29, 0.717) is 12.6 Å². The molecule has 5 rings (SSSR count). The van der Waals surface area contributed by atoms with Gasteiger partial charge < -0.3 is 9.47 Å². The van der Waals surface area contributed by atoms with Crippen molar-refractivity contribution in [1.82, 2.24) is 14.9 Å². The lowest BCUT2D eigenvalue weighted by atomic mass is 10.1. The summed E-state index contributed by atoms with van der Waals surface area (Å²) < 4.78 is 11.7. The molecule has 3 aromatic rings. The summed E-state index contributed by atoms with van der Waals surface area (Å²) >= 11 is 0. The van der Waals surface area contributed by atoms with Crippen molar-refractivity contribution in [1.29, 1.82) is 0 Å². The number of hydrogen-bond donors (Lipinski definition) is 0. The Labute approximate surface area is 196 Å². The van der Waals surface area contributed by atoms with E-state index in [1.165, 1.54) is 23.1 Å². The van der Waals surface area contributed by atoms with Crippen molar-refractivity contribution < 1.29 is 9.47 Å². The zero-order valence-electron chi connectivity index (χ0n) is 19.5. The monoisotopic (exact) mass is 443 g/mol. The molecule has 2 aliphatic rings. The molecule has 2 saturated heterocycles. The van der Waals surface area contributed by atoms with Gasteiger partial charge in [-0.1, -0.05) is 42.0 Å². The molecule has 2 aromatic carbocycles. The van der Waals surface area contributed by atoms with E-state index in [1.807, 2.05) is 18.5 Å².